The van der Waals surface area contributed by atoms with E-state index in [9.17, 15) is 9.59 Å². The maximum Gasteiger partial charge on any atom is 0.277 e. The molecule has 1 fully saturated rings. The molecule has 200 valence electrons. The molecule has 1 saturated heterocycles. The zero-order chi connectivity index (χ0) is 26.6. The average molecular weight is 516 g/mol. The number of unbranched alkanes of at least 4 members (excludes halogenated alkanes) is 1. The molecule has 0 radical (unpaired) electrons. The number of aromatic nitrogens is 2. The molecule has 0 aliphatic carbocycles. The molecule has 1 aromatic heterocycles. The van der Waals surface area contributed by atoms with E-state index < -0.39 is 5.91 Å². The molecule has 5 rings (SSSR count). The summed E-state index contributed by atoms with van der Waals surface area (Å²) in [5, 5.41) is 4.46. The van der Waals surface area contributed by atoms with Crippen molar-refractivity contribution in [3.8, 4) is 11.4 Å². The molecule has 0 spiro atoms. The lowest BCUT2D eigenvalue weighted by Crippen LogP contribution is -2.39. The van der Waals surface area contributed by atoms with Crippen molar-refractivity contribution in [3.05, 3.63) is 71.0 Å². The maximum absolute atomic E-state index is 13.8. The Bertz CT molecular complexity index is 1280. The normalized spacial score (nSPS) is 16.5. The summed E-state index contributed by atoms with van der Waals surface area (Å²) in [6.07, 6.45) is 6.67. The third-order valence-corrected chi connectivity index (χ3v) is 7.83. The number of benzene rings is 2. The Morgan fingerprint density at radius 2 is 1.71 bits per heavy atom. The first-order valence-corrected chi connectivity index (χ1v) is 13.7. The Balaban J connectivity index is 1.42. The predicted molar refractivity (Wildman–Crippen MR) is 148 cm³/mol. The van der Waals surface area contributed by atoms with Gasteiger partial charge in [-0.05, 0) is 86.7 Å². The summed E-state index contributed by atoms with van der Waals surface area (Å²) >= 11 is 0. The first kappa shape index (κ1) is 26.0. The lowest BCUT2D eigenvalue weighted by atomic mass is 9.92. The number of carbonyl (C=O) groups excluding carboxylic acids is 2. The van der Waals surface area contributed by atoms with E-state index in [4.69, 9.17) is 10.5 Å². The second kappa shape index (κ2) is 11.4. The van der Waals surface area contributed by atoms with Gasteiger partial charge in [0.1, 0.15) is 11.4 Å². The molecular weight excluding hydrogens is 478 g/mol. The van der Waals surface area contributed by atoms with Crippen LogP contribution < -0.4 is 15.4 Å². The van der Waals surface area contributed by atoms with E-state index in [1.54, 1.807) is 24.1 Å². The third-order valence-electron chi connectivity index (χ3n) is 7.83. The van der Waals surface area contributed by atoms with Crippen molar-refractivity contribution in [1.82, 2.24) is 14.7 Å². The van der Waals surface area contributed by atoms with Crippen LogP contribution in [0, 0.1) is 0 Å². The van der Waals surface area contributed by atoms with Gasteiger partial charge in [-0.1, -0.05) is 31.9 Å². The standard InChI is InChI=1S/C30H37N5O3/c1-3-4-7-22(20-33-17-5-6-18-33)21-8-10-23(11-9-21)34-19-16-26-27(29(31)36)32-35(28(26)30(34)37)24-12-14-25(38-2)15-13-24/h8-15,22H,3-7,16-20H2,1-2H3,(H2,31,36). The van der Waals surface area contributed by atoms with E-state index in [2.05, 4.69) is 41.2 Å². The van der Waals surface area contributed by atoms with Crippen molar-refractivity contribution >= 4 is 17.5 Å². The van der Waals surface area contributed by atoms with Gasteiger partial charge in [0.25, 0.3) is 11.8 Å². The van der Waals surface area contributed by atoms with Crippen LogP contribution in [0.3, 0.4) is 0 Å². The lowest BCUT2D eigenvalue weighted by molar-refractivity contribution is 0.0972. The molecule has 2 aromatic carbocycles. The number of hydrogen-bond donors (Lipinski definition) is 1. The average Bonchev–Trinajstić information content (AvgIpc) is 3.60. The summed E-state index contributed by atoms with van der Waals surface area (Å²) < 4.78 is 6.80. The van der Waals surface area contributed by atoms with Gasteiger partial charge < -0.3 is 20.3 Å². The number of methoxy groups -OCH3 is 1. The largest absolute Gasteiger partial charge is 0.497 e. The van der Waals surface area contributed by atoms with Gasteiger partial charge in [-0.25, -0.2) is 4.68 Å². The highest BCUT2D eigenvalue weighted by Crippen LogP contribution is 2.31. The van der Waals surface area contributed by atoms with Gasteiger partial charge in [-0.2, -0.15) is 5.10 Å². The van der Waals surface area contributed by atoms with E-state index in [1.165, 1.54) is 55.4 Å². The zero-order valence-corrected chi connectivity index (χ0v) is 22.4. The van der Waals surface area contributed by atoms with Gasteiger partial charge in [-0.15, -0.1) is 0 Å². The maximum atomic E-state index is 13.8. The third kappa shape index (κ3) is 5.18. The number of amides is 2. The molecule has 1 atom stereocenters. The predicted octanol–water partition coefficient (Wildman–Crippen LogP) is 4.55. The van der Waals surface area contributed by atoms with Crippen LogP contribution in [0.4, 0.5) is 5.69 Å². The number of nitrogens with two attached hydrogens (primary N) is 1. The van der Waals surface area contributed by atoms with Gasteiger partial charge in [0.15, 0.2) is 5.69 Å². The van der Waals surface area contributed by atoms with E-state index in [1.807, 2.05) is 12.1 Å². The van der Waals surface area contributed by atoms with E-state index >= 15 is 0 Å². The van der Waals surface area contributed by atoms with Crippen LogP contribution in [0.25, 0.3) is 5.69 Å². The molecule has 2 N–H and O–H groups in total. The molecule has 0 bridgehead atoms. The number of anilines is 1. The van der Waals surface area contributed by atoms with Crippen molar-refractivity contribution in [1.29, 1.82) is 0 Å². The second-order valence-corrected chi connectivity index (χ2v) is 10.3. The van der Waals surface area contributed by atoms with E-state index in [0.29, 0.717) is 41.6 Å². The molecule has 3 heterocycles. The Hall–Kier alpha value is -3.65. The summed E-state index contributed by atoms with van der Waals surface area (Å²) in [6.45, 7) is 6.20. The van der Waals surface area contributed by atoms with Crippen molar-refractivity contribution in [2.45, 2.75) is 51.4 Å². The fourth-order valence-electron chi connectivity index (χ4n) is 5.73. The van der Waals surface area contributed by atoms with E-state index in [0.717, 1.165) is 12.2 Å². The van der Waals surface area contributed by atoms with Crippen LogP contribution in [-0.2, 0) is 6.42 Å². The monoisotopic (exact) mass is 515 g/mol. The molecule has 38 heavy (non-hydrogen) atoms. The number of primary amides is 1. The second-order valence-electron chi connectivity index (χ2n) is 10.3. The van der Waals surface area contributed by atoms with Gasteiger partial charge in [0.2, 0.25) is 0 Å². The molecule has 3 aromatic rings. The first-order valence-electron chi connectivity index (χ1n) is 13.7. The molecule has 8 nitrogen and oxygen atoms in total. The van der Waals surface area contributed by atoms with Gasteiger partial charge in [-0.3, -0.25) is 9.59 Å². The number of nitrogens with zero attached hydrogens (tertiary/aromatic N) is 4. The van der Waals surface area contributed by atoms with Gasteiger partial charge in [0, 0.05) is 24.3 Å². The minimum atomic E-state index is -0.629. The molecule has 2 amide bonds. The van der Waals surface area contributed by atoms with Crippen molar-refractivity contribution in [2.24, 2.45) is 5.73 Å². The number of carbonyl (C=O) groups is 2. The number of likely N-dealkylation sites (tertiary alicyclic amines) is 1. The van der Waals surface area contributed by atoms with Crippen molar-refractivity contribution in [2.75, 3.05) is 38.2 Å². The number of fused-ring (bicyclic) bond motifs is 1. The molecule has 2 aliphatic heterocycles. The summed E-state index contributed by atoms with van der Waals surface area (Å²) in [4.78, 5) is 30.4. The topological polar surface area (TPSA) is 93.7 Å². The van der Waals surface area contributed by atoms with Crippen molar-refractivity contribution < 1.29 is 14.3 Å². The Kier molecular flexibility index (Phi) is 7.79. The quantitative estimate of drug-likeness (QED) is 0.428. The van der Waals surface area contributed by atoms with Crippen molar-refractivity contribution in [3.63, 3.8) is 0 Å². The van der Waals surface area contributed by atoms with Crippen LogP contribution >= 0.6 is 0 Å². The number of hydrogen-bond acceptors (Lipinski definition) is 5. The Morgan fingerprint density at radius 1 is 1.03 bits per heavy atom. The summed E-state index contributed by atoms with van der Waals surface area (Å²) in [7, 11) is 1.60. The fourth-order valence-corrected chi connectivity index (χ4v) is 5.73. The fraction of sp³-hybridized carbons (Fsp3) is 0.433. The lowest BCUT2D eigenvalue weighted by Gasteiger charge is -2.29. The highest BCUT2D eigenvalue weighted by Gasteiger charge is 2.34. The first-order chi connectivity index (χ1) is 18.5. The summed E-state index contributed by atoms with van der Waals surface area (Å²) in [5.74, 6) is 0.380. The molecule has 8 heteroatoms. The molecule has 0 saturated carbocycles. The van der Waals surface area contributed by atoms with Crippen LogP contribution in [0.1, 0.15) is 77.0 Å². The van der Waals surface area contributed by atoms with Gasteiger partial charge >= 0.3 is 0 Å². The summed E-state index contributed by atoms with van der Waals surface area (Å²) in [6, 6.07) is 15.7. The number of rotatable bonds is 10. The minimum absolute atomic E-state index is 0.153. The van der Waals surface area contributed by atoms with E-state index in [-0.39, 0.29) is 11.6 Å². The Morgan fingerprint density at radius 3 is 2.34 bits per heavy atom. The molecule has 2 aliphatic rings. The highest BCUT2D eigenvalue weighted by atomic mass is 16.5. The van der Waals surface area contributed by atoms with Crippen LogP contribution in [0.15, 0.2) is 48.5 Å². The van der Waals surface area contributed by atoms with Gasteiger partial charge in [0.05, 0.1) is 12.8 Å². The van der Waals surface area contributed by atoms with Crippen LogP contribution in [0.2, 0.25) is 0 Å². The minimum Gasteiger partial charge on any atom is -0.497 e. The number of ether oxygens (including phenoxy) is 1. The van der Waals surface area contributed by atoms with Crippen LogP contribution in [-0.4, -0.2) is 59.8 Å². The summed E-state index contributed by atoms with van der Waals surface area (Å²) in [5.41, 5.74) is 9.63. The highest BCUT2D eigenvalue weighted by molar-refractivity contribution is 6.09. The van der Waals surface area contributed by atoms with Crippen LogP contribution in [0.5, 0.6) is 5.75 Å². The molecular formula is C30H37N5O3. The zero-order valence-electron chi connectivity index (χ0n) is 22.4. The molecule has 1 unspecified atom stereocenters. The Labute approximate surface area is 224 Å². The SMILES string of the molecule is CCCCC(CN1CCCC1)c1ccc(N2CCc3c(C(N)=O)nn(-c4ccc(OC)cc4)c3C2=O)cc1. The smallest absolute Gasteiger partial charge is 0.277 e.